The van der Waals surface area contributed by atoms with Gasteiger partial charge in [-0.25, -0.2) is 0 Å². The van der Waals surface area contributed by atoms with Crippen LogP contribution in [0.25, 0.3) is 5.76 Å². The van der Waals surface area contributed by atoms with Gasteiger partial charge in [-0.2, -0.15) is 0 Å². The van der Waals surface area contributed by atoms with Gasteiger partial charge in [-0.15, -0.1) is 0 Å². The van der Waals surface area contributed by atoms with Crippen LogP contribution in [0.5, 0.6) is 5.75 Å². The van der Waals surface area contributed by atoms with Crippen molar-refractivity contribution >= 4 is 23.1 Å². The van der Waals surface area contributed by atoms with Crippen LogP contribution in [-0.2, 0) is 14.3 Å². The molecule has 9 heteroatoms. The van der Waals surface area contributed by atoms with Gasteiger partial charge in [-0.1, -0.05) is 24.3 Å². The van der Waals surface area contributed by atoms with Crippen molar-refractivity contribution in [1.29, 1.82) is 0 Å². The molecule has 1 atom stereocenters. The van der Waals surface area contributed by atoms with E-state index in [0.29, 0.717) is 30.9 Å². The first-order valence-electron chi connectivity index (χ1n) is 11.1. The number of aliphatic hydroxyl groups excluding tert-OH is 1. The molecular weight excluding hydrogens is 440 g/mol. The maximum absolute atomic E-state index is 13.0. The smallest absolute Gasteiger partial charge is 0.295 e. The Bertz CT molecular complexity index is 1090. The molecule has 2 aromatic rings. The summed E-state index contributed by atoms with van der Waals surface area (Å²) in [7, 11) is 0. The van der Waals surface area contributed by atoms with Crippen LogP contribution in [0, 0.1) is 10.1 Å². The number of carbonyl (C=O) groups is 2. The van der Waals surface area contributed by atoms with Gasteiger partial charge in [0.25, 0.3) is 17.4 Å². The van der Waals surface area contributed by atoms with Gasteiger partial charge < -0.3 is 19.5 Å². The molecule has 0 aliphatic carbocycles. The summed E-state index contributed by atoms with van der Waals surface area (Å²) in [4.78, 5) is 38.0. The summed E-state index contributed by atoms with van der Waals surface area (Å²) in [5.74, 6) is -1.41. The predicted molar refractivity (Wildman–Crippen MR) is 125 cm³/mol. The van der Waals surface area contributed by atoms with Crippen molar-refractivity contribution in [2.24, 2.45) is 0 Å². The second-order valence-corrected chi connectivity index (χ2v) is 8.08. The van der Waals surface area contributed by atoms with Crippen LogP contribution in [0.2, 0.25) is 0 Å². The summed E-state index contributed by atoms with van der Waals surface area (Å²) in [6, 6.07) is 11.4. The lowest BCUT2D eigenvalue weighted by Crippen LogP contribution is -2.31. The third-order valence-corrected chi connectivity index (χ3v) is 5.37. The van der Waals surface area contributed by atoms with E-state index in [-0.39, 0.29) is 29.5 Å². The normalized spacial score (nSPS) is 17.4. The SMILES string of the molecule is CCOc1ccc([C@H]2C(=C(O)c3cccc([N+](=O)[O-])c3)C(=O)C(=O)N2CCCOC(C)C)cc1. The van der Waals surface area contributed by atoms with Crippen molar-refractivity contribution in [3.63, 3.8) is 0 Å². The number of nitrogens with zero attached hydrogens (tertiary/aromatic N) is 2. The Balaban J connectivity index is 2.05. The topological polar surface area (TPSA) is 119 Å². The zero-order chi connectivity index (χ0) is 24.8. The fraction of sp³-hybridized carbons (Fsp3) is 0.360. The van der Waals surface area contributed by atoms with Crippen molar-refractivity contribution < 1.29 is 29.1 Å². The van der Waals surface area contributed by atoms with Gasteiger partial charge >= 0.3 is 0 Å². The second-order valence-electron chi connectivity index (χ2n) is 8.08. The second kappa shape index (κ2) is 10.9. The lowest BCUT2D eigenvalue weighted by Gasteiger charge is -2.25. The summed E-state index contributed by atoms with van der Waals surface area (Å²) >= 11 is 0. The van der Waals surface area contributed by atoms with Crippen LogP contribution in [0.4, 0.5) is 5.69 Å². The fourth-order valence-corrected chi connectivity index (χ4v) is 3.85. The van der Waals surface area contributed by atoms with Crippen LogP contribution >= 0.6 is 0 Å². The number of nitro benzene ring substituents is 1. The Labute approximate surface area is 197 Å². The first-order chi connectivity index (χ1) is 16.2. The van der Waals surface area contributed by atoms with E-state index in [4.69, 9.17) is 9.47 Å². The van der Waals surface area contributed by atoms with Gasteiger partial charge in [0.1, 0.15) is 11.5 Å². The van der Waals surface area contributed by atoms with E-state index in [1.165, 1.54) is 29.2 Å². The van der Waals surface area contributed by atoms with Crippen LogP contribution in [-0.4, -0.2) is 52.5 Å². The highest BCUT2D eigenvalue weighted by Gasteiger charge is 2.45. The average Bonchev–Trinajstić information content (AvgIpc) is 3.07. The number of hydrogen-bond acceptors (Lipinski definition) is 7. The largest absolute Gasteiger partial charge is 0.507 e. The quantitative estimate of drug-likeness (QED) is 0.138. The molecule has 1 amide bonds. The number of nitro groups is 1. The average molecular weight is 469 g/mol. The number of rotatable bonds is 10. The molecule has 1 heterocycles. The van der Waals surface area contributed by atoms with Gasteiger partial charge in [0.2, 0.25) is 0 Å². The lowest BCUT2D eigenvalue weighted by atomic mass is 9.95. The van der Waals surface area contributed by atoms with Crippen molar-refractivity contribution in [2.45, 2.75) is 39.3 Å². The molecule has 0 bridgehead atoms. The van der Waals surface area contributed by atoms with Gasteiger partial charge in [0.15, 0.2) is 0 Å². The summed E-state index contributed by atoms with van der Waals surface area (Å²) in [6.07, 6.45) is 0.529. The molecule has 1 saturated heterocycles. The van der Waals surface area contributed by atoms with Gasteiger partial charge in [-0.05, 0) is 44.9 Å². The number of Topliss-reactive ketones (excluding diaryl/α,β-unsaturated/α-hetero) is 1. The summed E-state index contributed by atoms with van der Waals surface area (Å²) in [5.41, 5.74) is 0.354. The minimum absolute atomic E-state index is 0.0335. The number of benzene rings is 2. The molecule has 9 nitrogen and oxygen atoms in total. The molecule has 1 aliphatic heterocycles. The fourth-order valence-electron chi connectivity index (χ4n) is 3.85. The number of amides is 1. The Kier molecular flexibility index (Phi) is 8.01. The van der Waals surface area contributed by atoms with Crippen molar-refractivity contribution in [1.82, 2.24) is 4.90 Å². The molecule has 1 fully saturated rings. The highest BCUT2D eigenvalue weighted by Crippen LogP contribution is 2.40. The Hall–Kier alpha value is -3.72. The monoisotopic (exact) mass is 468 g/mol. The molecule has 3 rings (SSSR count). The summed E-state index contributed by atoms with van der Waals surface area (Å²) in [6.45, 7) is 6.81. The number of non-ortho nitro benzene ring substituents is 1. The summed E-state index contributed by atoms with van der Waals surface area (Å²) < 4.78 is 11.0. The third kappa shape index (κ3) is 5.43. The maximum Gasteiger partial charge on any atom is 0.295 e. The van der Waals surface area contributed by atoms with Crippen molar-refractivity contribution in [2.75, 3.05) is 19.8 Å². The molecule has 2 aromatic carbocycles. The van der Waals surface area contributed by atoms with Crippen LogP contribution in [0.15, 0.2) is 54.1 Å². The number of aliphatic hydroxyl groups is 1. The van der Waals surface area contributed by atoms with Crippen LogP contribution in [0.3, 0.4) is 0 Å². The Morgan fingerprint density at radius 3 is 2.50 bits per heavy atom. The molecule has 1 N–H and O–H groups in total. The van der Waals surface area contributed by atoms with E-state index in [9.17, 15) is 24.8 Å². The molecule has 180 valence electrons. The lowest BCUT2D eigenvalue weighted by molar-refractivity contribution is -0.384. The van der Waals surface area contributed by atoms with E-state index in [1.807, 2.05) is 20.8 Å². The molecule has 0 radical (unpaired) electrons. The van der Waals surface area contributed by atoms with E-state index in [1.54, 1.807) is 24.3 Å². The molecule has 1 aliphatic rings. The number of hydrogen-bond donors (Lipinski definition) is 1. The zero-order valence-corrected chi connectivity index (χ0v) is 19.4. The van der Waals surface area contributed by atoms with Crippen LogP contribution < -0.4 is 4.74 Å². The van der Waals surface area contributed by atoms with E-state index < -0.39 is 28.4 Å². The van der Waals surface area contributed by atoms with Crippen LogP contribution in [0.1, 0.15) is 44.4 Å². The Morgan fingerprint density at radius 2 is 1.88 bits per heavy atom. The third-order valence-electron chi connectivity index (χ3n) is 5.37. The van der Waals surface area contributed by atoms with E-state index in [2.05, 4.69) is 0 Å². The van der Waals surface area contributed by atoms with Crippen molar-refractivity contribution in [3.05, 3.63) is 75.3 Å². The highest BCUT2D eigenvalue weighted by atomic mass is 16.6. The minimum Gasteiger partial charge on any atom is -0.507 e. The van der Waals surface area contributed by atoms with Gasteiger partial charge in [0, 0.05) is 30.8 Å². The summed E-state index contributed by atoms with van der Waals surface area (Å²) in [5, 5.41) is 22.2. The molecule has 0 aromatic heterocycles. The zero-order valence-electron chi connectivity index (χ0n) is 19.4. The number of likely N-dealkylation sites (tertiary alicyclic amines) is 1. The van der Waals surface area contributed by atoms with E-state index in [0.717, 1.165) is 0 Å². The van der Waals surface area contributed by atoms with E-state index >= 15 is 0 Å². The number of carbonyl (C=O) groups excluding carboxylic acids is 2. The molecule has 34 heavy (non-hydrogen) atoms. The molecular formula is C25H28N2O7. The molecule has 0 spiro atoms. The molecule has 0 saturated carbocycles. The van der Waals surface area contributed by atoms with Crippen molar-refractivity contribution in [3.8, 4) is 5.75 Å². The Morgan fingerprint density at radius 1 is 1.18 bits per heavy atom. The number of ketones is 1. The standard InChI is InChI=1S/C25H28N2O7/c1-4-33-20-11-9-17(10-12-20)22-21(23(28)18-7-5-8-19(15-18)27(31)32)24(29)25(30)26(22)13-6-14-34-16(2)3/h5,7-12,15-16,22,28H,4,6,13-14H2,1-3H3/t22-/m0/s1. The predicted octanol–water partition coefficient (Wildman–Crippen LogP) is 4.23. The first kappa shape index (κ1) is 24.9. The highest BCUT2D eigenvalue weighted by molar-refractivity contribution is 6.46. The number of ether oxygens (including phenoxy) is 2. The molecule has 0 unspecified atom stereocenters. The maximum atomic E-state index is 13.0. The minimum atomic E-state index is -0.853. The first-order valence-corrected chi connectivity index (χ1v) is 11.1. The van der Waals surface area contributed by atoms with Gasteiger partial charge in [-0.3, -0.25) is 19.7 Å². The van der Waals surface area contributed by atoms with Gasteiger partial charge in [0.05, 0.1) is 29.2 Å².